The van der Waals surface area contributed by atoms with E-state index in [-0.39, 0.29) is 12.5 Å². The Morgan fingerprint density at radius 2 is 1.69 bits per heavy atom. The molecule has 0 saturated heterocycles. The highest BCUT2D eigenvalue weighted by atomic mass is 35.5. The Morgan fingerprint density at radius 3 is 2.31 bits per heavy atom. The fourth-order valence-corrected chi connectivity index (χ4v) is 2.51. The van der Waals surface area contributed by atoms with E-state index in [1.165, 1.54) is 4.90 Å². The van der Waals surface area contributed by atoms with Crippen LogP contribution in [0.25, 0.3) is 0 Å². The number of carbonyl (C=O) groups is 3. The number of nitrogens with one attached hydrogen (secondary N) is 1. The number of ether oxygens (including phenoxy) is 2. The molecule has 154 valence electrons. The van der Waals surface area contributed by atoms with Crippen LogP contribution >= 0.6 is 11.6 Å². The second kappa shape index (κ2) is 11.1. The second-order valence-electron chi connectivity index (χ2n) is 6.18. The van der Waals surface area contributed by atoms with Gasteiger partial charge in [-0.1, -0.05) is 23.7 Å². The highest BCUT2D eigenvalue weighted by Gasteiger charge is 2.14. The standard InChI is InChI=1S/C21H23ClN2O5/c1-3-28-18-10-4-15(5-11-18)13-24(2)19(25)14-29-20(26)12-23-21(27)16-6-8-17(22)9-7-16/h4-11H,3,12-14H2,1-2H3,(H,23,27). The predicted molar refractivity (Wildman–Crippen MR) is 109 cm³/mol. The predicted octanol–water partition coefficient (Wildman–Crippen LogP) is 2.67. The molecule has 0 atom stereocenters. The number of carbonyl (C=O) groups excluding carboxylic acids is 3. The van der Waals surface area contributed by atoms with Gasteiger partial charge in [0.25, 0.3) is 11.8 Å². The van der Waals surface area contributed by atoms with Gasteiger partial charge in [0, 0.05) is 24.2 Å². The first-order valence-corrected chi connectivity index (χ1v) is 9.42. The van der Waals surface area contributed by atoms with Gasteiger partial charge in [-0.25, -0.2) is 0 Å². The third-order valence-corrected chi connectivity index (χ3v) is 4.19. The molecule has 0 aliphatic heterocycles. The van der Waals surface area contributed by atoms with Gasteiger partial charge in [0.2, 0.25) is 0 Å². The van der Waals surface area contributed by atoms with Crippen molar-refractivity contribution in [1.82, 2.24) is 10.2 Å². The van der Waals surface area contributed by atoms with Crippen molar-refractivity contribution in [2.24, 2.45) is 0 Å². The van der Waals surface area contributed by atoms with Crippen LogP contribution in [0.2, 0.25) is 5.02 Å². The van der Waals surface area contributed by atoms with Gasteiger partial charge in [0.05, 0.1) is 6.61 Å². The first-order valence-electron chi connectivity index (χ1n) is 9.04. The molecule has 2 rings (SSSR count). The molecule has 2 aromatic carbocycles. The Kier molecular flexibility index (Phi) is 8.48. The summed E-state index contributed by atoms with van der Waals surface area (Å²) in [5.74, 6) is -0.719. The molecule has 0 unspecified atom stereocenters. The Hall–Kier alpha value is -3.06. The molecule has 0 aromatic heterocycles. The van der Waals surface area contributed by atoms with E-state index < -0.39 is 18.5 Å². The number of amides is 2. The first-order chi connectivity index (χ1) is 13.9. The van der Waals surface area contributed by atoms with Crippen molar-refractivity contribution >= 4 is 29.4 Å². The fourth-order valence-electron chi connectivity index (χ4n) is 2.38. The normalized spacial score (nSPS) is 10.2. The molecule has 2 amide bonds. The van der Waals surface area contributed by atoms with Gasteiger partial charge in [-0.05, 0) is 48.9 Å². The largest absolute Gasteiger partial charge is 0.494 e. The van der Waals surface area contributed by atoms with E-state index in [1.54, 1.807) is 31.3 Å². The molecule has 0 aliphatic rings. The van der Waals surface area contributed by atoms with Crippen molar-refractivity contribution < 1.29 is 23.9 Å². The number of likely N-dealkylation sites (N-methyl/N-ethyl adjacent to an activating group) is 1. The van der Waals surface area contributed by atoms with Crippen LogP contribution in [0.1, 0.15) is 22.8 Å². The van der Waals surface area contributed by atoms with Crippen molar-refractivity contribution in [2.45, 2.75) is 13.5 Å². The molecule has 0 spiro atoms. The zero-order chi connectivity index (χ0) is 21.2. The van der Waals surface area contributed by atoms with Crippen LogP contribution in [0, 0.1) is 0 Å². The minimum absolute atomic E-state index is 0.336. The molecule has 29 heavy (non-hydrogen) atoms. The lowest BCUT2D eigenvalue weighted by atomic mass is 10.2. The van der Waals surface area contributed by atoms with Gasteiger partial charge in [0.1, 0.15) is 12.3 Å². The van der Waals surface area contributed by atoms with E-state index >= 15 is 0 Å². The molecular formula is C21H23ClN2O5. The fraction of sp³-hybridized carbons (Fsp3) is 0.286. The van der Waals surface area contributed by atoms with E-state index in [9.17, 15) is 14.4 Å². The van der Waals surface area contributed by atoms with Gasteiger partial charge in [0.15, 0.2) is 6.61 Å². The summed E-state index contributed by atoms with van der Waals surface area (Å²) in [6.45, 7) is 2.13. The highest BCUT2D eigenvalue weighted by molar-refractivity contribution is 6.30. The number of hydrogen-bond acceptors (Lipinski definition) is 5. The third-order valence-electron chi connectivity index (χ3n) is 3.94. The summed E-state index contributed by atoms with van der Waals surface area (Å²) in [7, 11) is 1.62. The Labute approximate surface area is 174 Å². The van der Waals surface area contributed by atoms with Gasteiger partial charge in [-0.2, -0.15) is 0 Å². The molecule has 0 aliphatic carbocycles. The Morgan fingerprint density at radius 1 is 1.03 bits per heavy atom. The number of benzene rings is 2. The minimum atomic E-state index is -0.699. The van der Waals surface area contributed by atoms with Crippen LogP contribution in [0.15, 0.2) is 48.5 Å². The number of nitrogens with zero attached hydrogens (tertiary/aromatic N) is 1. The summed E-state index contributed by atoms with van der Waals surface area (Å²) in [5.41, 5.74) is 1.29. The van der Waals surface area contributed by atoms with Crippen LogP contribution in [-0.4, -0.2) is 49.5 Å². The smallest absolute Gasteiger partial charge is 0.325 e. The molecule has 0 heterocycles. The zero-order valence-corrected chi connectivity index (χ0v) is 17.1. The van der Waals surface area contributed by atoms with Crippen molar-refractivity contribution in [1.29, 1.82) is 0 Å². The van der Waals surface area contributed by atoms with Crippen LogP contribution < -0.4 is 10.1 Å². The number of hydrogen-bond donors (Lipinski definition) is 1. The lowest BCUT2D eigenvalue weighted by molar-refractivity contribution is -0.150. The number of rotatable bonds is 9. The average Bonchev–Trinajstić information content (AvgIpc) is 2.72. The van der Waals surface area contributed by atoms with Gasteiger partial charge in [-0.3, -0.25) is 14.4 Å². The molecule has 2 aromatic rings. The van der Waals surface area contributed by atoms with E-state index in [4.69, 9.17) is 21.1 Å². The van der Waals surface area contributed by atoms with Crippen molar-refractivity contribution in [2.75, 3.05) is 26.8 Å². The molecular weight excluding hydrogens is 396 g/mol. The minimum Gasteiger partial charge on any atom is -0.494 e. The lowest BCUT2D eigenvalue weighted by Crippen LogP contribution is -2.34. The summed E-state index contributed by atoms with van der Waals surface area (Å²) in [4.78, 5) is 37.3. The average molecular weight is 419 g/mol. The van der Waals surface area contributed by atoms with Crippen LogP contribution in [0.4, 0.5) is 0 Å². The molecule has 0 bridgehead atoms. The Bertz CT molecular complexity index is 837. The maximum Gasteiger partial charge on any atom is 0.325 e. The number of esters is 1. The van der Waals surface area contributed by atoms with Gasteiger partial charge < -0.3 is 19.7 Å². The SMILES string of the molecule is CCOc1ccc(CN(C)C(=O)COC(=O)CNC(=O)c2ccc(Cl)cc2)cc1. The first kappa shape index (κ1) is 22.2. The van der Waals surface area contributed by atoms with E-state index in [2.05, 4.69) is 5.32 Å². The lowest BCUT2D eigenvalue weighted by Gasteiger charge is -2.17. The third kappa shape index (κ3) is 7.46. The summed E-state index contributed by atoms with van der Waals surface area (Å²) in [5, 5.41) is 2.94. The summed E-state index contributed by atoms with van der Waals surface area (Å²) < 4.78 is 10.3. The molecule has 7 nitrogen and oxygen atoms in total. The summed E-state index contributed by atoms with van der Waals surface area (Å²) in [6, 6.07) is 13.6. The van der Waals surface area contributed by atoms with Crippen LogP contribution in [0.3, 0.4) is 0 Å². The topological polar surface area (TPSA) is 84.9 Å². The summed E-state index contributed by atoms with van der Waals surface area (Å²) >= 11 is 5.76. The quantitative estimate of drug-likeness (QED) is 0.633. The molecule has 0 radical (unpaired) electrons. The molecule has 0 saturated carbocycles. The van der Waals surface area contributed by atoms with E-state index in [1.807, 2.05) is 31.2 Å². The maximum absolute atomic E-state index is 12.1. The van der Waals surface area contributed by atoms with Crippen LogP contribution in [-0.2, 0) is 20.9 Å². The molecule has 1 N–H and O–H groups in total. The Balaban J connectivity index is 1.72. The molecule has 8 heteroatoms. The van der Waals surface area contributed by atoms with Gasteiger partial charge in [-0.15, -0.1) is 0 Å². The monoisotopic (exact) mass is 418 g/mol. The second-order valence-corrected chi connectivity index (χ2v) is 6.61. The van der Waals surface area contributed by atoms with Crippen molar-refractivity contribution in [3.63, 3.8) is 0 Å². The number of halogens is 1. The highest BCUT2D eigenvalue weighted by Crippen LogP contribution is 2.13. The van der Waals surface area contributed by atoms with Crippen molar-refractivity contribution in [3.05, 3.63) is 64.7 Å². The van der Waals surface area contributed by atoms with Gasteiger partial charge >= 0.3 is 5.97 Å². The summed E-state index contributed by atoms with van der Waals surface area (Å²) in [6.07, 6.45) is 0. The zero-order valence-electron chi connectivity index (χ0n) is 16.3. The molecule has 0 fully saturated rings. The van der Waals surface area contributed by atoms with E-state index in [0.717, 1.165) is 11.3 Å². The van der Waals surface area contributed by atoms with Crippen molar-refractivity contribution in [3.8, 4) is 5.75 Å². The van der Waals surface area contributed by atoms with Crippen LogP contribution in [0.5, 0.6) is 5.75 Å². The van der Waals surface area contributed by atoms with E-state index in [0.29, 0.717) is 23.7 Å². The maximum atomic E-state index is 12.1.